The van der Waals surface area contributed by atoms with Crippen molar-refractivity contribution in [2.45, 2.75) is 25.8 Å². The van der Waals surface area contributed by atoms with Gasteiger partial charge in [0.2, 0.25) is 5.91 Å². The van der Waals surface area contributed by atoms with E-state index in [2.05, 4.69) is 17.1 Å². The van der Waals surface area contributed by atoms with Gasteiger partial charge in [-0.15, -0.1) is 0 Å². The molecule has 1 fully saturated rings. The lowest BCUT2D eigenvalue weighted by Crippen LogP contribution is -2.42. The third-order valence-corrected chi connectivity index (χ3v) is 4.39. The molecule has 0 aliphatic carbocycles. The molecule has 0 spiro atoms. The van der Waals surface area contributed by atoms with E-state index in [0.717, 1.165) is 30.0 Å². The van der Waals surface area contributed by atoms with Crippen LogP contribution < -0.4 is 5.32 Å². The maximum absolute atomic E-state index is 12.0. The SMILES string of the molecule is CC1CCN(CC(=O)NCCc2cccc(Cl)c2)C1CO. The molecule has 2 atom stereocenters. The number of benzene rings is 1. The van der Waals surface area contributed by atoms with Crippen molar-refractivity contribution in [3.8, 4) is 0 Å². The molecule has 4 nitrogen and oxygen atoms in total. The molecule has 2 N–H and O–H groups in total. The minimum Gasteiger partial charge on any atom is -0.395 e. The summed E-state index contributed by atoms with van der Waals surface area (Å²) in [6.07, 6.45) is 1.81. The quantitative estimate of drug-likeness (QED) is 0.841. The summed E-state index contributed by atoms with van der Waals surface area (Å²) in [5.74, 6) is 0.471. The van der Waals surface area contributed by atoms with Crippen LogP contribution in [0.4, 0.5) is 0 Å². The molecular formula is C16H23ClN2O2. The maximum atomic E-state index is 12.0. The zero-order chi connectivity index (χ0) is 15.2. The largest absolute Gasteiger partial charge is 0.395 e. The zero-order valence-electron chi connectivity index (χ0n) is 12.4. The van der Waals surface area contributed by atoms with Crippen molar-refractivity contribution >= 4 is 17.5 Å². The number of hydrogen-bond acceptors (Lipinski definition) is 3. The Kier molecular flexibility index (Phi) is 6.03. The normalized spacial score (nSPS) is 22.4. The second-order valence-corrected chi connectivity index (χ2v) is 6.15. The summed E-state index contributed by atoms with van der Waals surface area (Å²) in [7, 11) is 0. The first kappa shape index (κ1) is 16.3. The smallest absolute Gasteiger partial charge is 0.234 e. The predicted molar refractivity (Wildman–Crippen MR) is 84.4 cm³/mol. The monoisotopic (exact) mass is 310 g/mol. The van der Waals surface area contributed by atoms with Gasteiger partial charge in [0.25, 0.3) is 0 Å². The molecule has 1 heterocycles. The molecule has 5 heteroatoms. The summed E-state index contributed by atoms with van der Waals surface area (Å²) in [6, 6.07) is 7.78. The molecule has 1 aliphatic heterocycles. The van der Waals surface area contributed by atoms with Crippen molar-refractivity contribution in [2.24, 2.45) is 5.92 Å². The van der Waals surface area contributed by atoms with Gasteiger partial charge in [-0.25, -0.2) is 0 Å². The molecule has 1 aromatic carbocycles. The Morgan fingerprint density at radius 3 is 3.05 bits per heavy atom. The van der Waals surface area contributed by atoms with Crippen molar-refractivity contribution < 1.29 is 9.90 Å². The number of carbonyl (C=O) groups is 1. The van der Waals surface area contributed by atoms with Crippen LogP contribution in [0.2, 0.25) is 5.02 Å². The fourth-order valence-corrected chi connectivity index (χ4v) is 3.07. The molecule has 0 saturated carbocycles. The number of hydrogen-bond donors (Lipinski definition) is 2. The van der Waals surface area contributed by atoms with E-state index in [4.69, 9.17) is 11.6 Å². The molecule has 2 unspecified atom stereocenters. The van der Waals surface area contributed by atoms with Gasteiger partial charge in [-0.05, 0) is 43.0 Å². The molecule has 1 amide bonds. The number of likely N-dealkylation sites (tertiary alicyclic amines) is 1. The standard InChI is InChI=1S/C16H23ClN2O2/c1-12-6-8-19(15(12)11-20)10-16(21)18-7-5-13-3-2-4-14(17)9-13/h2-4,9,12,15,20H,5-8,10-11H2,1H3,(H,18,21). The lowest BCUT2D eigenvalue weighted by molar-refractivity contribution is -0.122. The highest BCUT2D eigenvalue weighted by atomic mass is 35.5. The van der Waals surface area contributed by atoms with Crippen molar-refractivity contribution in [2.75, 3.05) is 26.2 Å². The fourth-order valence-electron chi connectivity index (χ4n) is 2.86. The summed E-state index contributed by atoms with van der Waals surface area (Å²) in [4.78, 5) is 14.0. The van der Waals surface area contributed by atoms with Crippen LogP contribution in [0.3, 0.4) is 0 Å². The molecule has 0 radical (unpaired) electrons. The number of aliphatic hydroxyl groups excluding tert-OH is 1. The first-order chi connectivity index (χ1) is 10.1. The van der Waals surface area contributed by atoms with Gasteiger partial charge in [0, 0.05) is 17.6 Å². The van der Waals surface area contributed by atoms with Gasteiger partial charge in [0.1, 0.15) is 0 Å². The van der Waals surface area contributed by atoms with E-state index in [9.17, 15) is 9.90 Å². The van der Waals surface area contributed by atoms with Crippen molar-refractivity contribution in [1.29, 1.82) is 0 Å². The highest BCUT2D eigenvalue weighted by molar-refractivity contribution is 6.30. The van der Waals surface area contributed by atoms with E-state index in [0.29, 0.717) is 19.0 Å². The van der Waals surface area contributed by atoms with Gasteiger partial charge in [0.15, 0.2) is 0 Å². The van der Waals surface area contributed by atoms with E-state index >= 15 is 0 Å². The lowest BCUT2D eigenvalue weighted by atomic mass is 10.0. The van der Waals surface area contributed by atoms with Crippen LogP contribution in [0.1, 0.15) is 18.9 Å². The minimum absolute atomic E-state index is 0.0181. The molecule has 1 aliphatic rings. The number of carbonyl (C=O) groups excluding carboxylic acids is 1. The average molecular weight is 311 g/mol. The number of nitrogens with zero attached hydrogens (tertiary/aromatic N) is 1. The Labute approximate surface area is 131 Å². The van der Waals surface area contributed by atoms with Gasteiger partial charge in [0.05, 0.1) is 13.2 Å². The minimum atomic E-state index is 0.0181. The van der Waals surface area contributed by atoms with E-state index in [1.165, 1.54) is 0 Å². The van der Waals surface area contributed by atoms with Gasteiger partial charge in [-0.2, -0.15) is 0 Å². The van der Waals surface area contributed by atoms with Gasteiger partial charge in [-0.3, -0.25) is 9.69 Å². The number of rotatable bonds is 6. The van der Waals surface area contributed by atoms with Crippen molar-refractivity contribution in [1.82, 2.24) is 10.2 Å². The molecule has 0 aromatic heterocycles. The Morgan fingerprint density at radius 2 is 2.33 bits per heavy atom. The summed E-state index contributed by atoms with van der Waals surface area (Å²) in [6.45, 7) is 4.10. The molecule has 21 heavy (non-hydrogen) atoms. The maximum Gasteiger partial charge on any atom is 0.234 e. The van der Waals surface area contributed by atoms with Crippen LogP contribution in [0, 0.1) is 5.92 Å². The summed E-state index contributed by atoms with van der Waals surface area (Å²) < 4.78 is 0. The Bertz CT molecular complexity index is 481. The van der Waals surface area contributed by atoms with Crippen LogP contribution in [-0.2, 0) is 11.2 Å². The summed E-state index contributed by atoms with van der Waals surface area (Å²) in [5.41, 5.74) is 1.12. The van der Waals surface area contributed by atoms with E-state index < -0.39 is 0 Å². The number of amides is 1. The van der Waals surface area contributed by atoms with E-state index in [1.807, 2.05) is 24.3 Å². The van der Waals surface area contributed by atoms with E-state index in [-0.39, 0.29) is 18.6 Å². The Balaban J connectivity index is 1.73. The summed E-state index contributed by atoms with van der Waals surface area (Å²) >= 11 is 5.93. The summed E-state index contributed by atoms with van der Waals surface area (Å²) in [5, 5.41) is 13.0. The van der Waals surface area contributed by atoms with Gasteiger partial charge >= 0.3 is 0 Å². The Morgan fingerprint density at radius 1 is 1.52 bits per heavy atom. The number of nitrogens with one attached hydrogen (secondary N) is 1. The third kappa shape index (κ3) is 4.70. The fraction of sp³-hybridized carbons (Fsp3) is 0.562. The molecule has 2 rings (SSSR count). The molecule has 0 bridgehead atoms. The van der Waals surface area contributed by atoms with Gasteiger partial charge < -0.3 is 10.4 Å². The van der Waals surface area contributed by atoms with Crippen LogP contribution in [0.5, 0.6) is 0 Å². The topological polar surface area (TPSA) is 52.6 Å². The van der Waals surface area contributed by atoms with Crippen LogP contribution in [-0.4, -0.2) is 48.2 Å². The second kappa shape index (κ2) is 7.78. The molecule has 116 valence electrons. The predicted octanol–water partition coefficient (Wildman–Crippen LogP) is 1.70. The van der Waals surface area contributed by atoms with Crippen LogP contribution in [0.25, 0.3) is 0 Å². The highest BCUT2D eigenvalue weighted by Gasteiger charge is 2.31. The van der Waals surface area contributed by atoms with Crippen molar-refractivity contribution in [3.05, 3.63) is 34.9 Å². The highest BCUT2D eigenvalue weighted by Crippen LogP contribution is 2.22. The average Bonchev–Trinajstić information content (AvgIpc) is 2.79. The first-order valence-electron chi connectivity index (χ1n) is 7.46. The Hall–Kier alpha value is -1.10. The van der Waals surface area contributed by atoms with Crippen molar-refractivity contribution in [3.63, 3.8) is 0 Å². The van der Waals surface area contributed by atoms with E-state index in [1.54, 1.807) is 0 Å². The number of aliphatic hydroxyl groups is 1. The number of halogens is 1. The molecule has 1 saturated heterocycles. The van der Waals surface area contributed by atoms with Gasteiger partial charge in [-0.1, -0.05) is 30.7 Å². The molecule has 1 aromatic rings. The second-order valence-electron chi connectivity index (χ2n) is 5.72. The third-order valence-electron chi connectivity index (χ3n) is 4.16. The molecular weight excluding hydrogens is 288 g/mol. The zero-order valence-corrected chi connectivity index (χ0v) is 13.1. The van der Waals surface area contributed by atoms with Crippen LogP contribution >= 0.6 is 11.6 Å². The first-order valence-corrected chi connectivity index (χ1v) is 7.84. The lowest BCUT2D eigenvalue weighted by Gasteiger charge is -2.24. The van der Waals surface area contributed by atoms with Crippen LogP contribution in [0.15, 0.2) is 24.3 Å².